The van der Waals surface area contributed by atoms with Crippen molar-refractivity contribution in [2.75, 3.05) is 44.8 Å². The molecule has 0 radical (unpaired) electrons. The van der Waals surface area contributed by atoms with Gasteiger partial charge in [-0.2, -0.15) is 0 Å². The lowest BCUT2D eigenvalue weighted by Crippen LogP contribution is -2.38. The summed E-state index contributed by atoms with van der Waals surface area (Å²) >= 11 is 6.46. The normalized spacial score (nSPS) is 15.5. The third-order valence-corrected chi connectivity index (χ3v) is 6.17. The molecule has 0 atom stereocenters. The van der Waals surface area contributed by atoms with Crippen molar-refractivity contribution < 1.29 is 9.47 Å². The molecule has 1 saturated heterocycles. The van der Waals surface area contributed by atoms with Gasteiger partial charge in [0.1, 0.15) is 18.2 Å². The molecule has 1 fully saturated rings. The van der Waals surface area contributed by atoms with Gasteiger partial charge in [0, 0.05) is 54.1 Å². The van der Waals surface area contributed by atoms with E-state index in [0.29, 0.717) is 18.2 Å². The Balaban J connectivity index is 1.35. The standard InChI is InChI=1S/C26H27ClN4O2/c27-24-7-2-1-6-22(24)25-16-19-8-9-28-18-23(19)26(30-25)29-20-4-3-5-21(17-20)33-15-12-31-10-13-32-14-11-31/h1-9,16-17,28H,10-15,18H2,(H,29,30). The van der Waals surface area contributed by atoms with Crippen LogP contribution in [0.2, 0.25) is 5.02 Å². The lowest BCUT2D eigenvalue weighted by Gasteiger charge is -2.26. The predicted molar refractivity (Wildman–Crippen MR) is 133 cm³/mol. The van der Waals surface area contributed by atoms with Crippen molar-refractivity contribution in [3.63, 3.8) is 0 Å². The van der Waals surface area contributed by atoms with Crippen LogP contribution < -0.4 is 15.4 Å². The monoisotopic (exact) mass is 462 g/mol. The summed E-state index contributed by atoms with van der Waals surface area (Å²) in [6, 6.07) is 17.9. The lowest BCUT2D eigenvalue weighted by atomic mass is 10.0. The van der Waals surface area contributed by atoms with E-state index in [9.17, 15) is 0 Å². The Morgan fingerprint density at radius 1 is 1.09 bits per heavy atom. The number of ether oxygens (including phenoxy) is 2. The molecule has 6 nitrogen and oxygen atoms in total. The molecular formula is C26H27ClN4O2. The van der Waals surface area contributed by atoms with E-state index in [-0.39, 0.29) is 0 Å². The quantitative estimate of drug-likeness (QED) is 0.519. The molecule has 0 spiro atoms. The molecule has 2 aliphatic heterocycles. The number of pyridine rings is 1. The second kappa shape index (κ2) is 10.3. The molecule has 2 aliphatic rings. The van der Waals surface area contributed by atoms with Crippen molar-refractivity contribution >= 4 is 29.2 Å². The Kier molecular flexibility index (Phi) is 6.76. The fraction of sp³-hybridized carbons (Fsp3) is 0.269. The van der Waals surface area contributed by atoms with Crippen LogP contribution in [0.4, 0.5) is 11.5 Å². The van der Waals surface area contributed by atoms with E-state index < -0.39 is 0 Å². The molecule has 0 unspecified atom stereocenters. The van der Waals surface area contributed by atoms with Gasteiger partial charge in [0.15, 0.2) is 0 Å². The van der Waals surface area contributed by atoms with Gasteiger partial charge in [-0.15, -0.1) is 0 Å². The van der Waals surface area contributed by atoms with E-state index >= 15 is 0 Å². The van der Waals surface area contributed by atoms with Gasteiger partial charge in [0.25, 0.3) is 0 Å². The highest BCUT2D eigenvalue weighted by Crippen LogP contribution is 2.33. The molecule has 0 aliphatic carbocycles. The van der Waals surface area contributed by atoms with Crippen molar-refractivity contribution in [2.45, 2.75) is 6.54 Å². The van der Waals surface area contributed by atoms with Crippen LogP contribution in [0.15, 0.2) is 60.8 Å². The molecule has 2 aromatic carbocycles. The van der Waals surface area contributed by atoms with Gasteiger partial charge >= 0.3 is 0 Å². The number of nitrogens with zero attached hydrogens (tertiary/aromatic N) is 2. The highest BCUT2D eigenvalue weighted by Gasteiger charge is 2.16. The van der Waals surface area contributed by atoms with Crippen molar-refractivity contribution in [1.82, 2.24) is 15.2 Å². The minimum Gasteiger partial charge on any atom is -0.492 e. The number of rotatable bonds is 7. The highest BCUT2D eigenvalue weighted by molar-refractivity contribution is 6.33. The van der Waals surface area contributed by atoms with Gasteiger partial charge in [0.2, 0.25) is 0 Å². The number of halogens is 1. The van der Waals surface area contributed by atoms with Crippen molar-refractivity contribution in [3.8, 4) is 17.0 Å². The topological polar surface area (TPSA) is 58.7 Å². The van der Waals surface area contributed by atoms with Crippen LogP contribution in [0.3, 0.4) is 0 Å². The van der Waals surface area contributed by atoms with Crippen LogP contribution >= 0.6 is 11.6 Å². The van der Waals surface area contributed by atoms with Gasteiger partial charge in [-0.3, -0.25) is 4.90 Å². The zero-order chi connectivity index (χ0) is 22.5. The summed E-state index contributed by atoms with van der Waals surface area (Å²) in [5, 5.41) is 7.47. The number of fused-ring (bicyclic) bond motifs is 1. The Morgan fingerprint density at radius 3 is 2.85 bits per heavy atom. The number of benzene rings is 2. The summed E-state index contributed by atoms with van der Waals surface area (Å²) in [5.41, 5.74) is 4.92. The van der Waals surface area contributed by atoms with E-state index in [2.05, 4.69) is 27.7 Å². The maximum Gasteiger partial charge on any atom is 0.136 e. The van der Waals surface area contributed by atoms with E-state index in [1.54, 1.807) is 0 Å². The zero-order valence-electron chi connectivity index (χ0n) is 18.4. The van der Waals surface area contributed by atoms with Crippen LogP contribution in [0, 0.1) is 0 Å². The number of morpholine rings is 1. The largest absolute Gasteiger partial charge is 0.492 e. The van der Waals surface area contributed by atoms with Crippen LogP contribution in [0.1, 0.15) is 11.1 Å². The summed E-state index contributed by atoms with van der Waals surface area (Å²) in [6.45, 7) is 5.78. The van der Waals surface area contributed by atoms with E-state index in [1.165, 1.54) is 0 Å². The number of nitrogens with one attached hydrogen (secondary N) is 2. The summed E-state index contributed by atoms with van der Waals surface area (Å²) in [4.78, 5) is 7.30. The smallest absolute Gasteiger partial charge is 0.136 e. The average molecular weight is 463 g/mol. The molecule has 0 amide bonds. The molecular weight excluding hydrogens is 436 g/mol. The zero-order valence-corrected chi connectivity index (χ0v) is 19.1. The minimum atomic E-state index is 0.647. The van der Waals surface area contributed by atoms with Gasteiger partial charge in [0.05, 0.1) is 18.9 Å². The summed E-state index contributed by atoms with van der Waals surface area (Å²) in [5.74, 6) is 1.65. The molecule has 7 heteroatoms. The van der Waals surface area contributed by atoms with Gasteiger partial charge in [-0.25, -0.2) is 4.98 Å². The summed E-state index contributed by atoms with van der Waals surface area (Å²) in [7, 11) is 0. The SMILES string of the molecule is Clc1ccccc1-c1cc2c(c(Nc3cccc(OCCN4CCOCC4)c3)n1)CNC=C2. The second-order valence-corrected chi connectivity index (χ2v) is 8.48. The molecule has 2 N–H and O–H groups in total. The molecule has 1 aromatic heterocycles. The predicted octanol–water partition coefficient (Wildman–Crippen LogP) is 4.93. The van der Waals surface area contributed by atoms with Crippen LogP contribution in [-0.2, 0) is 11.3 Å². The first kappa shape index (κ1) is 21.8. The Labute approximate surface area is 199 Å². The Bertz CT molecular complexity index is 1140. The van der Waals surface area contributed by atoms with E-state index in [0.717, 1.165) is 72.5 Å². The number of aromatic nitrogens is 1. The minimum absolute atomic E-state index is 0.647. The molecule has 33 heavy (non-hydrogen) atoms. The number of hydrogen-bond donors (Lipinski definition) is 2. The number of hydrogen-bond acceptors (Lipinski definition) is 6. The van der Waals surface area contributed by atoms with E-state index in [1.807, 2.05) is 54.7 Å². The van der Waals surface area contributed by atoms with Gasteiger partial charge < -0.3 is 20.1 Å². The lowest BCUT2D eigenvalue weighted by molar-refractivity contribution is 0.0322. The first-order chi connectivity index (χ1) is 16.3. The van der Waals surface area contributed by atoms with Crippen LogP contribution in [0.5, 0.6) is 5.75 Å². The third-order valence-electron chi connectivity index (χ3n) is 5.84. The first-order valence-electron chi connectivity index (χ1n) is 11.2. The van der Waals surface area contributed by atoms with Crippen LogP contribution in [-0.4, -0.2) is 49.3 Å². The molecule has 0 bridgehead atoms. The van der Waals surface area contributed by atoms with Crippen molar-refractivity contribution in [1.29, 1.82) is 0 Å². The number of anilines is 2. The molecule has 170 valence electrons. The molecule has 0 saturated carbocycles. The molecule has 5 rings (SSSR count). The summed E-state index contributed by atoms with van der Waals surface area (Å²) < 4.78 is 11.4. The van der Waals surface area contributed by atoms with Crippen molar-refractivity contribution in [3.05, 3.63) is 76.9 Å². The Morgan fingerprint density at radius 2 is 1.97 bits per heavy atom. The first-order valence-corrected chi connectivity index (χ1v) is 11.6. The highest BCUT2D eigenvalue weighted by atomic mass is 35.5. The van der Waals surface area contributed by atoms with Gasteiger partial charge in [-0.1, -0.05) is 35.9 Å². The van der Waals surface area contributed by atoms with E-state index in [4.69, 9.17) is 26.1 Å². The fourth-order valence-corrected chi connectivity index (χ4v) is 4.30. The van der Waals surface area contributed by atoms with Gasteiger partial charge in [-0.05, 0) is 42.1 Å². The summed E-state index contributed by atoms with van der Waals surface area (Å²) in [6.07, 6.45) is 4.03. The maximum absolute atomic E-state index is 6.46. The average Bonchev–Trinajstić information content (AvgIpc) is 2.85. The van der Waals surface area contributed by atoms with Crippen LogP contribution in [0.25, 0.3) is 17.3 Å². The second-order valence-electron chi connectivity index (χ2n) is 8.07. The Hall–Kier alpha value is -3.06. The molecule has 3 aromatic rings. The fourth-order valence-electron chi connectivity index (χ4n) is 4.06. The maximum atomic E-state index is 6.46. The van der Waals surface area contributed by atoms with Crippen molar-refractivity contribution in [2.24, 2.45) is 0 Å². The third kappa shape index (κ3) is 5.30. The molecule has 3 heterocycles.